The molecule has 0 spiro atoms. The molecule has 1 aromatic carbocycles. The zero-order valence-electron chi connectivity index (χ0n) is 9.57. The van der Waals surface area contributed by atoms with Crippen molar-refractivity contribution in [1.82, 2.24) is 5.32 Å². The quantitative estimate of drug-likeness (QED) is 0.550. The monoisotopic (exact) mass is 271 g/mol. The van der Waals surface area contributed by atoms with Crippen LogP contribution in [0, 0.1) is 0 Å². The van der Waals surface area contributed by atoms with Crippen LogP contribution in [0.15, 0.2) is 18.2 Å². The molecular weight excluding hydrogens is 257 g/mol. The van der Waals surface area contributed by atoms with E-state index in [0.29, 0.717) is 18.6 Å². The number of carbonyl (C=O) groups is 1. The van der Waals surface area contributed by atoms with Gasteiger partial charge in [0.2, 0.25) is 0 Å². The van der Waals surface area contributed by atoms with Crippen molar-refractivity contribution in [3.8, 4) is 0 Å². The van der Waals surface area contributed by atoms with Crippen molar-refractivity contribution in [2.24, 2.45) is 0 Å². The number of nitrogens with one attached hydrogen (secondary N) is 1. The summed E-state index contributed by atoms with van der Waals surface area (Å²) in [5.41, 5.74) is 2.38. The van der Waals surface area contributed by atoms with Crippen LogP contribution in [-0.4, -0.2) is 22.8 Å². The Labute approximate surface area is 104 Å². The fourth-order valence-electron chi connectivity index (χ4n) is 2.09. The Balaban J connectivity index is 2.26. The average molecular weight is 271 g/mol. The predicted molar refractivity (Wildman–Crippen MR) is 63.8 cm³/mol. The van der Waals surface area contributed by atoms with Crippen molar-refractivity contribution in [2.45, 2.75) is 18.8 Å². The highest BCUT2D eigenvalue weighted by molar-refractivity contribution is 7.50. The summed E-state index contributed by atoms with van der Waals surface area (Å²) >= 11 is 0. The minimum atomic E-state index is -4.05. The summed E-state index contributed by atoms with van der Waals surface area (Å²) in [6.07, 6.45) is -0.00830. The molecule has 0 radical (unpaired) electrons. The second-order valence-corrected chi connectivity index (χ2v) is 5.82. The van der Waals surface area contributed by atoms with Gasteiger partial charge in [-0.15, -0.1) is 0 Å². The molecule has 0 amide bonds. The van der Waals surface area contributed by atoms with Crippen LogP contribution in [0.4, 0.5) is 0 Å². The van der Waals surface area contributed by atoms with E-state index in [1.165, 1.54) is 0 Å². The minimum absolute atomic E-state index is 0.271. The maximum absolute atomic E-state index is 10.9. The SMILES string of the molecule is O=COC1NCCc2cc(CP(=O)(O)O)ccc21. The zero-order valence-corrected chi connectivity index (χ0v) is 10.5. The summed E-state index contributed by atoms with van der Waals surface area (Å²) < 4.78 is 15.9. The van der Waals surface area contributed by atoms with Crippen LogP contribution >= 0.6 is 7.60 Å². The van der Waals surface area contributed by atoms with Gasteiger partial charge in [0.15, 0.2) is 6.23 Å². The van der Waals surface area contributed by atoms with Gasteiger partial charge in [-0.1, -0.05) is 18.2 Å². The molecule has 7 heteroatoms. The maximum Gasteiger partial charge on any atom is 0.329 e. The van der Waals surface area contributed by atoms with Crippen LogP contribution in [0.25, 0.3) is 0 Å². The normalized spacial score (nSPS) is 19.1. The summed E-state index contributed by atoms with van der Waals surface area (Å²) in [4.78, 5) is 28.3. The van der Waals surface area contributed by atoms with Crippen molar-refractivity contribution >= 4 is 14.1 Å². The second-order valence-electron chi connectivity index (χ2n) is 4.17. The van der Waals surface area contributed by atoms with Crippen molar-refractivity contribution in [1.29, 1.82) is 0 Å². The lowest BCUT2D eigenvalue weighted by Gasteiger charge is -2.25. The third-order valence-corrected chi connectivity index (χ3v) is 3.57. The number of fused-ring (bicyclic) bond motifs is 1. The van der Waals surface area contributed by atoms with E-state index in [0.717, 1.165) is 17.5 Å². The summed E-state index contributed by atoms with van der Waals surface area (Å²) in [5.74, 6) is 0. The molecule has 1 heterocycles. The molecular formula is C11H14NO5P. The highest BCUT2D eigenvalue weighted by Crippen LogP contribution is 2.39. The lowest BCUT2D eigenvalue weighted by molar-refractivity contribution is -0.135. The second kappa shape index (κ2) is 5.20. The molecule has 0 saturated heterocycles. The van der Waals surface area contributed by atoms with E-state index in [1.54, 1.807) is 18.2 Å². The van der Waals surface area contributed by atoms with Crippen molar-refractivity contribution in [2.75, 3.05) is 6.54 Å². The molecule has 0 aliphatic carbocycles. The van der Waals surface area contributed by atoms with E-state index in [2.05, 4.69) is 5.32 Å². The molecule has 1 aliphatic rings. The van der Waals surface area contributed by atoms with E-state index in [-0.39, 0.29) is 6.16 Å². The predicted octanol–water partition coefficient (Wildman–Crippen LogP) is 0.682. The third kappa shape index (κ3) is 3.17. The van der Waals surface area contributed by atoms with Crippen LogP contribution in [0.5, 0.6) is 0 Å². The molecule has 1 aliphatic heterocycles. The molecule has 0 bridgehead atoms. The molecule has 18 heavy (non-hydrogen) atoms. The number of rotatable bonds is 4. The smallest absolute Gasteiger partial charge is 0.329 e. The fraction of sp³-hybridized carbons (Fsp3) is 0.364. The largest absolute Gasteiger partial charge is 0.444 e. The molecule has 0 fully saturated rings. The van der Waals surface area contributed by atoms with E-state index in [1.807, 2.05) is 0 Å². The highest BCUT2D eigenvalue weighted by atomic mass is 31.2. The molecule has 3 N–H and O–H groups in total. The standard InChI is InChI=1S/C11H14NO5P/c13-7-17-11-10-2-1-8(6-18(14,15)16)5-9(10)3-4-12-11/h1-2,5,7,11-12H,3-4,6H2,(H2,14,15,16). The van der Waals surface area contributed by atoms with E-state index in [9.17, 15) is 9.36 Å². The first-order valence-corrected chi connectivity index (χ1v) is 7.28. The lowest BCUT2D eigenvalue weighted by Crippen LogP contribution is -2.31. The van der Waals surface area contributed by atoms with Gasteiger partial charge in [0.1, 0.15) is 0 Å². The van der Waals surface area contributed by atoms with Gasteiger partial charge >= 0.3 is 7.60 Å². The Kier molecular flexibility index (Phi) is 3.82. The van der Waals surface area contributed by atoms with Crippen LogP contribution in [-0.2, 0) is 26.7 Å². The third-order valence-electron chi connectivity index (χ3n) is 2.79. The molecule has 1 unspecified atom stereocenters. The van der Waals surface area contributed by atoms with Crippen molar-refractivity contribution < 1.29 is 23.9 Å². The molecule has 0 aromatic heterocycles. The molecule has 1 aromatic rings. The maximum atomic E-state index is 10.9. The minimum Gasteiger partial charge on any atom is -0.444 e. The first-order valence-electron chi connectivity index (χ1n) is 5.48. The van der Waals surface area contributed by atoms with Crippen LogP contribution in [0.1, 0.15) is 22.9 Å². The van der Waals surface area contributed by atoms with Crippen molar-refractivity contribution in [3.05, 3.63) is 34.9 Å². The van der Waals surface area contributed by atoms with Crippen LogP contribution < -0.4 is 5.32 Å². The van der Waals surface area contributed by atoms with Gasteiger partial charge in [-0.25, -0.2) is 0 Å². The molecule has 98 valence electrons. The van der Waals surface area contributed by atoms with Crippen LogP contribution in [0.2, 0.25) is 0 Å². The number of hydrogen-bond acceptors (Lipinski definition) is 4. The Morgan fingerprint density at radius 2 is 2.28 bits per heavy atom. The van der Waals surface area contributed by atoms with Gasteiger partial charge in [-0.05, 0) is 17.5 Å². The van der Waals surface area contributed by atoms with Gasteiger partial charge in [0, 0.05) is 12.1 Å². The summed E-state index contributed by atoms with van der Waals surface area (Å²) in [6.45, 7) is 1.04. The van der Waals surface area contributed by atoms with Gasteiger partial charge in [0.25, 0.3) is 6.47 Å². The first kappa shape index (κ1) is 13.2. The fourth-order valence-corrected chi connectivity index (χ4v) is 2.76. The van der Waals surface area contributed by atoms with Gasteiger partial charge < -0.3 is 14.5 Å². The topological polar surface area (TPSA) is 95.9 Å². The van der Waals surface area contributed by atoms with Crippen LogP contribution in [0.3, 0.4) is 0 Å². The van der Waals surface area contributed by atoms with Gasteiger partial charge in [-0.2, -0.15) is 0 Å². The van der Waals surface area contributed by atoms with E-state index in [4.69, 9.17) is 14.5 Å². The molecule has 1 atom stereocenters. The summed E-state index contributed by atoms with van der Waals surface area (Å²) in [7, 11) is -4.05. The molecule has 0 saturated carbocycles. The van der Waals surface area contributed by atoms with Gasteiger partial charge in [0.05, 0.1) is 6.16 Å². The number of ether oxygens (including phenoxy) is 1. The molecule has 6 nitrogen and oxygen atoms in total. The Hall–Kier alpha value is -1.20. The Morgan fingerprint density at radius 3 is 2.94 bits per heavy atom. The van der Waals surface area contributed by atoms with Crippen molar-refractivity contribution in [3.63, 3.8) is 0 Å². The number of benzene rings is 1. The number of carbonyl (C=O) groups excluding carboxylic acids is 1. The lowest BCUT2D eigenvalue weighted by atomic mass is 9.97. The molecule has 2 rings (SSSR count). The zero-order chi connectivity index (χ0) is 13.2. The van der Waals surface area contributed by atoms with Gasteiger partial charge in [-0.3, -0.25) is 14.7 Å². The summed E-state index contributed by atoms with van der Waals surface area (Å²) in [5, 5.41) is 3.04. The number of hydrogen-bond donors (Lipinski definition) is 3. The van der Waals surface area contributed by atoms with E-state index < -0.39 is 13.8 Å². The average Bonchev–Trinajstić information content (AvgIpc) is 2.27. The highest BCUT2D eigenvalue weighted by Gasteiger charge is 2.22. The summed E-state index contributed by atoms with van der Waals surface area (Å²) in [6, 6.07) is 5.14. The Morgan fingerprint density at radius 1 is 1.50 bits per heavy atom. The first-order chi connectivity index (χ1) is 8.49. The van der Waals surface area contributed by atoms with E-state index >= 15 is 0 Å². The Bertz CT molecular complexity index is 498.